The topological polar surface area (TPSA) is 63.6 Å². The molecular weight excluding hydrogens is 172 g/mol. The molecule has 0 rings (SSSR count). The van der Waals surface area contributed by atoms with Crippen LogP contribution in [0.25, 0.3) is 0 Å². The number of carbonyl (C=O) groups excluding carboxylic acids is 1. The number of carbonyl (C=O) groups is 2. The van der Waals surface area contributed by atoms with E-state index in [9.17, 15) is 9.59 Å². The third kappa shape index (κ3) is 8.85. The number of rotatable bonds is 7. The molecule has 0 fully saturated rings. The van der Waals surface area contributed by atoms with Crippen molar-refractivity contribution in [3.05, 3.63) is 0 Å². The number of ether oxygens (including phenoxy) is 1. The smallest absolute Gasteiger partial charge is 0.306 e. The van der Waals surface area contributed by atoms with E-state index in [1.54, 1.807) is 0 Å². The molecule has 4 nitrogen and oxygen atoms in total. The van der Waals surface area contributed by atoms with Crippen molar-refractivity contribution >= 4 is 11.9 Å². The van der Waals surface area contributed by atoms with E-state index < -0.39 is 11.9 Å². The van der Waals surface area contributed by atoms with Crippen molar-refractivity contribution < 1.29 is 19.4 Å². The van der Waals surface area contributed by atoms with Crippen LogP contribution in [0.1, 0.15) is 39.0 Å². The summed E-state index contributed by atoms with van der Waals surface area (Å²) in [6.45, 7) is 2.47. The molecule has 0 aliphatic heterocycles. The summed E-state index contributed by atoms with van der Waals surface area (Å²) >= 11 is 0. The van der Waals surface area contributed by atoms with Gasteiger partial charge in [0.2, 0.25) is 0 Å². The van der Waals surface area contributed by atoms with E-state index in [-0.39, 0.29) is 12.8 Å². The molecule has 0 saturated heterocycles. The quantitative estimate of drug-likeness (QED) is 0.486. The van der Waals surface area contributed by atoms with Crippen LogP contribution in [0.5, 0.6) is 0 Å². The third-order valence-electron chi connectivity index (χ3n) is 1.55. The summed E-state index contributed by atoms with van der Waals surface area (Å²) in [5, 5.41) is 8.26. The minimum Gasteiger partial charge on any atom is -0.481 e. The van der Waals surface area contributed by atoms with Crippen LogP contribution in [-0.2, 0) is 14.3 Å². The predicted octanol–water partition coefficient (Wildman–Crippen LogP) is 1.58. The molecule has 0 aliphatic carbocycles. The van der Waals surface area contributed by atoms with Crippen molar-refractivity contribution in [1.29, 1.82) is 0 Å². The Morgan fingerprint density at radius 2 is 1.92 bits per heavy atom. The van der Waals surface area contributed by atoms with Gasteiger partial charge in [0.05, 0.1) is 19.4 Å². The van der Waals surface area contributed by atoms with Gasteiger partial charge in [-0.15, -0.1) is 0 Å². The molecule has 0 unspecified atom stereocenters. The van der Waals surface area contributed by atoms with Crippen LogP contribution < -0.4 is 0 Å². The number of unbranched alkanes of at least 4 members (excludes halogenated alkanes) is 2. The molecular formula is C9H16O4. The predicted molar refractivity (Wildman–Crippen MR) is 47.4 cm³/mol. The van der Waals surface area contributed by atoms with Crippen LogP contribution in [0.15, 0.2) is 0 Å². The minimum absolute atomic E-state index is 0.0263. The highest BCUT2D eigenvalue weighted by atomic mass is 16.5. The fourth-order valence-corrected chi connectivity index (χ4v) is 0.819. The number of carboxylic acids is 1. The standard InChI is InChI=1S/C9H16O4/c1-2-3-4-7-13-9(12)6-5-8(10)11/h2-7H2,1H3,(H,10,11). The first-order valence-electron chi connectivity index (χ1n) is 4.54. The second kappa shape index (κ2) is 7.58. The molecule has 0 spiro atoms. The summed E-state index contributed by atoms with van der Waals surface area (Å²) in [7, 11) is 0. The van der Waals surface area contributed by atoms with E-state index in [1.165, 1.54) is 0 Å². The lowest BCUT2D eigenvalue weighted by Crippen LogP contribution is -2.08. The molecule has 76 valence electrons. The number of esters is 1. The maximum atomic E-state index is 10.8. The zero-order valence-corrected chi connectivity index (χ0v) is 7.91. The molecule has 13 heavy (non-hydrogen) atoms. The van der Waals surface area contributed by atoms with E-state index in [4.69, 9.17) is 9.84 Å². The molecule has 0 aliphatic rings. The number of hydrogen-bond donors (Lipinski definition) is 1. The van der Waals surface area contributed by atoms with Crippen LogP contribution in [0.2, 0.25) is 0 Å². The number of aliphatic carboxylic acids is 1. The molecule has 0 atom stereocenters. The summed E-state index contributed by atoms with van der Waals surface area (Å²) in [5.41, 5.74) is 0. The van der Waals surface area contributed by atoms with Crippen LogP contribution in [-0.4, -0.2) is 23.7 Å². The highest BCUT2D eigenvalue weighted by Crippen LogP contribution is 1.97. The molecule has 0 amide bonds. The van der Waals surface area contributed by atoms with Crippen molar-refractivity contribution in [2.45, 2.75) is 39.0 Å². The van der Waals surface area contributed by atoms with Crippen molar-refractivity contribution in [3.8, 4) is 0 Å². The third-order valence-corrected chi connectivity index (χ3v) is 1.55. The largest absolute Gasteiger partial charge is 0.481 e. The Morgan fingerprint density at radius 1 is 1.23 bits per heavy atom. The fraction of sp³-hybridized carbons (Fsp3) is 0.778. The van der Waals surface area contributed by atoms with E-state index >= 15 is 0 Å². The average Bonchev–Trinajstić information content (AvgIpc) is 2.09. The second-order valence-electron chi connectivity index (χ2n) is 2.82. The zero-order chi connectivity index (χ0) is 10.1. The van der Waals surface area contributed by atoms with Gasteiger partial charge >= 0.3 is 11.9 Å². The Kier molecular flexibility index (Phi) is 6.96. The van der Waals surface area contributed by atoms with Crippen LogP contribution in [0.3, 0.4) is 0 Å². The highest BCUT2D eigenvalue weighted by molar-refractivity contribution is 5.76. The Hall–Kier alpha value is -1.06. The summed E-state index contributed by atoms with van der Waals surface area (Å²) in [6.07, 6.45) is 2.79. The zero-order valence-electron chi connectivity index (χ0n) is 7.91. The van der Waals surface area contributed by atoms with Gasteiger partial charge in [0, 0.05) is 0 Å². The molecule has 0 saturated carbocycles. The van der Waals surface area contributed by atoms with E-state index in [1.807, 2.05) is 0 Å². The first-order chi connectivity index (χ1) is 6.16. The van der Waals surface area contributed by atoms with E-state index in [0.29, 0.717) is 6.61 Å². The molecule has 0 radical (unpaired) electrons. The van der Waals surface area contributed by atoms with E-state index in [0.717, 1.165) is 19.3 Å². The molecule has 0 heterocycles. The van der Waals surface area contributed by atoms with Gasteiger partial charge in [0.15, 0.2) is 0 Å². The molecule has 0 aromatic heterocycles. The second-order valence-corrected chi connectivity index (χ2v) is 2.82. The van der Waals surface area contributed by atoms with Gasteiger partial charge in [-0.2, -0.15) is 0 Å². The Bertz CT molecular complexity index is 165. The molecule has 0 aromatic rings. The minimum atomic E-state index is -0.967. The van der Waals surface area contributed by atoms with Gasteiger partial charge < -0.3 is 9.84 Å². The van der Waals surface area contributed by atoms with Crippen LogP contribution in [0, 0.1) is 0 Å². The molecule has 4 heteroatoms. The first-order valence-corrected chi connectivity index (χ1v) is 4.54. The lowest BCUT2D eigenvalue weighted by molar-refractivity contribution is -0.147. The van der Waals surface area contributed by atoms with Crippen molar-refractivity contribution in [1.82, 2.24) is 0 Å². The van der Waals surface area contributed by atoms with Gasteiger partial charge in [-0.05, 0) is 6.42 Å². The first kappa shape index (κ1) is 11.9. The van der Waals surface area contributed by atoms with Crippen molar-refractivity contribution in [3.63, 3.8) is 0 Å². The molecule has 1 N–H and O–H groups in total. The number of carboxylic acid groups (broad SMARTS) is 1. The normalized spacial score (nSPS) is 9.62. The lowest BCUT2D eigenvalue weighted by Gasteiger charge is -2.02. The van der Waals surface area contributed by atoms with Gasteiger partial charge in [-0.1, -0.05) is 19.8 Å². The number of hydrogen-bond acceptors (Lipinski definition) is 3. The summed E-state index contributed by atoms with van der Waals surface area (Å²) in [5.74, 6) is -1.39. The van der Waals surface area contributed by atoms with Crippen LogP contribution >= 0.6 is 0 Å². The summed E-state index contributed by atoms with van der Waals surface area (Å²) < 4.78 is 4.79. The summed E-state index contributed by atoms with van der Waals surface area (Å²) in [4.78, 5) is 20.9. The Balaban J connectivity index is 3.25. The van der Waals surface area contributed by atoms with Gasteiger partial charge in [0.25, 0.3) is 0 Å². The van der Waals surface area contributed by atoms with Gasteiger partial charge in [0.1, 0.15) is 0 Å². The van der Waals surface area contributed by atoms with Gasteiger partial charge in [-0.3, -0.25) is 9.59 Å². The summed E-state index contributed by atoms with van der Waals surface area (Å²) in [6, 6.07) is 0. The lowest BCUT2D eigenvalue weighted by atomic mass is 10.3. The average molecular weight is 188 g/mol. The maximum Gasteiger partial charge on any atom is 0.306 e. The van der Waals surface area contributed by atoms with E-state index in [2.05, 4.69) is 6.92 Å². The monoisotopic (exact) mass is 188 g/mol. The van der Waals surface area contributed by atoms with Gasteiger partial charge in [-0.25, -0.2) is 0 Å². The van der Waals surface area contributed by atoms with Crippen molar-refractivity contribution in [2.75, 3.05) is 6.61 Å². The highest BCUT2D eigenvalue weighted by Gasteiger charge is 2.05. The molecule has 0 bridgehead atoms. The SMILES string of the molecule is CCCCCOC(=O)CCC(=O)O. The Morgan fingerprint density at radius 3 is 2.46 bits per heavy atom. The fourth-order valence-electron chi connectivity index (χ4n) is 0.819. The van der Waals surface area contributed by atoms with Crippen molar-refractivity contribution in [2.24, 2.45) is 0 Å². The molecule has 0 aromatic carbocycles. The van der Waals surface area contributed by atoms with Crippen LogP contribution in [0.4, 0.5) is 0 Å². The Labute approximate surface area is 77.9 Å². The maximum absolute atomic E-state index is 10.8.